The molecular weight excluding hydrogens is 461 g/mol. The Morgan fingerprint density at radius 2 is 1.89 bits per heavy atom. The summed E-state index contributed by atoms with van der Waals surface area (Å²) >= 11 is 0. The Kier molecular flexibility index (Phi) is 5.75. The van der Waals surface area contributed by atoms with Crippen molar-refractivity contribution in [3.05, 3.63) is 90.0 Å². The number of carbonyl (C=O) groups is 2. The lowest BCUT2D eigenvalue weighted by Gasteiger charge is -2.39. The van der Waals surface area contributed by atoms with Gasteiger partial charge in [-0.3, -0.25) is 9.59 Å². The Hall–Kier alpha value is -4.15. The van der Waals surface area contributed by atoms with Crippen molar-refractivity contribution in [2.24, 2.45) is 0 Å². The summed E-state index contributed by atoms with van der Waals surface area (Å²) in [5.74, 6) is -1.54. The standard InChI is InChI=1S/C24H21F3N6O2/c25-24(26,27)20-12-29-21(31-20)22(34)30-18-13-32(10-8-16(18)15-5-2-1-3-6-15)23(35)17-7-4-9-33-14-28-11-19(17)33/h1-7,9,11-12,14,16,18H,8,10,13H2,(H,29,31)(H,30,34)/t16-,18+/m0/s1. The maximum absolute atomic E-state index is 13.4. The van der Waals surface area contributed by atoms with E-state index in [2.05, 4.69) is 15.3 Å². The van der Waals surface area contributed by atoms with Crippen LogP contribution >= 0.6 is 0 Å². The van der Waals surface area contributed by atoms with Gasteiger partial charge in [0.1, 0.15) is 5.69 Å². The summed E-state index contributed by atoms with van der Waals surface area (Å²) < 4.78 is 40.6. The number of alkyl halides is 3. The lowest BCUT2D eigenvalue weighted by atomic mass is 9.85. The van der Waals surface area contributed by atoms with Gasteiger partial charge in [0.15, 0.2) is 5.82 Å². The fourth-order valence-corrected chi connectivity index (χ4v) is 4.50. The number of pyridine rings is 1. The van der Waals surface area contributed by atoms with Gasteiger partial charge in [0, 0.05) is 25.2 Å². The van der Waals surface area contributed by atoms with E-state index in [1.54, 1.807) is 40.2 Å². The smallest absolute Gasteiger partial charge is 0.344 e. The number of aromatic nitrogens is 4. The van der Waals surface area contributed by atoms with Crippen molar-refractivity contribution >= 4 is 17.3 Å². The van der Waals surface area contributed by atoms with Crippen LogP contribution in [0.4, 0.5) is 13.2 Å². The van der Waals surface area contributed by atoms with Gasteiger partial charge < -0.3 is 19.6 Å². The molecule has 1 saturated heterocycles. The third-order valence-electron chi connectivity index (χ3n) is 6.22. The van der Waals surface area contributed by atoms with Gasteiger partial charge in [0.2, 0.25) is 0 Å². The van der Waals surface area contributed by atoms with E-state index < -0.39 is 29.6 Å². The fraction of sp³-hybridized carbons (Fsp3) is 0.250. The van der Waals surface area contributed by atoms with Crippen molar-refractivity contribution in [1.29, 1.82) is 0 Å². The summed E-state index contributed by atoms with van der Waals surface area (Å²) in [6.07, 6.45) is 1.53. The molecule has 11 heteroatoms. The number of carbonyl (C=O) groups excluding carboxylic acids is 2. The zero-order chi connectivity index (χ0) is 24.6. The minimum atomic E-state index is -4.64. The van der Waals surface area contributed by atoms with Gasteiger partial charge in [-0.15, -0.1) is 0 Å². The minimum absolute atomic E-state index is 0.132. The fourth-order valence-electron chi connectivity index (χ4n) is 4.50. The number of hydrogen-bond donors (Lipinski definition) is 2. The van der Waals surface area contributed by atoms with Crippen LogP contribution < -0.4 is 5.32 Å². The number of fused-ring (bicyclic) bond motifs is 1. The lowest BCUT2D eigenvalue weighted by molar-refractivity contribution is -0.140. The Morgan fingerprint density at radius 1 is 1.09 bits per heavy atom. The number of amides is 2. The first-order chi connectivity index (χ1) is 16.8. The highest BCUT2D eigenvalue weighted by Gasteiger charge is 2.36. The van der Waals surface area contributed by atoms with Crippen LogP contribution in [0.3, 0.4) is 0 Å². The van der Waals surface area contributed by atoms with Gasteiger partial charge in [0.05, 0.1) is 35.8 Å². The molecule has 0 bridgehead atoms. The number of halogens is 3. The van der Waals surface area contributed by atoms with Crippen LogP contribution in [0.15, 0.2) is 67.4 Å². The molecule has 0 saturated carbocycles. The molecule has 0 unspecified atom stereocenters. The van der Waals surface area contributed by atoms with Crippen LogP contribution in [0.1, 0.15) is 44.6 Å². The second-order valence-electron chi connectivity index (χ2n) is 8.39. The summed E-state index contributed by atoms with van der Waals surface area (Å²) in [4.78, 5) is 37.6. The molecule has 1 fully saturated rings. The van der Waals surface area contributed by atoms with E-state index >= 15 is 0 Å². The first-order valence-electron chi connectivity index (χ1n) is 11.0. The van der Waals surface area contributed by atoms with E-state index in [1.807, 2.05) is 35.3 Å². The second kappa shape index (κ2) is 8.90. The number of H-pyrrole nitrogens is 1. The first kappa shape index (κ1) is 22.6. The number of piperidine rings is 1. The Bertz CT molecular complexity index is 1360. The van der Waals surface area contributed by atoms with Crippen LogP contribution in [-0.2, 0) is 6.18 Å². The van der Waals surface area contributed by atoms with Crippen LogP contribution in [0, 0.1) is 0 Å². The average molecular weight is 482 g/mol. The molecule has 3 aromatic heterocycles. The quantitative estimate of drug-likeness (QED) is 0.466. The monoisotopic (exact) mass is 482 g/mol. The van der Waals surface area contributed by atoms with Crippen LogP contribution in [0.5, 0.6) is 0 Å². The van der Waals surface area contributed by atoms with Crippen molar-refractivity contribution in [3.63, 3.8) is 0 Å². The van der Waals surface area contributed by atoms with Crippen LogP contribution in [0.25, 0.3) is 5.52 Å². The Labute approximate surface area is 197 Å². The van der Waals surface area contributed by atoms with Crippen molar-refractivity contribution in [2.75, 3.05) is 13.1 Å². The number of imidazole rings is 2. The van der Waals surface area contributed by atoms with Crippen molar-refractivity contribution in [2.45, 2.75) is 24.6 Å². The lowest BCUT2D eigenvalue weighted by Crippen LogP contribution is -2.53. The zero-order valence-electron chi connectivity index (χ0n) is 18.4. The first-order valence-corrected chi connectivity index (χ1v) is 11.0. The summed E-state index contributed by atoms with van der Waals surface area (Å²) in [5, 5.41) is 2.81. The third-order valence-corrected chi connectivity index (χ3v) is 6.22. The van der Waals surface area contributed by atoms with Crippen molar-refractivity contribution < 1.29 is 22.8 Å². The molecule has 2 amide bonds. The number of aromatic amines is 1. The van der Waals surface area contributed by atoms with E-state index in [9.17, 15) is 22.8 Å². The molecular formula is C24H21F3N6O2. The van der Waals surface area contributed by atoms with Gasteiger partial charge in [-0.1, -0.05) is 30.3 Å². The van der Waals surface area contributed by atoms with E-state index in [0.717, 1.165) is 5.56 Å². The molecule has 1 aliphatic rings. The zero-order valence-corrected chi connectivity index (χ0v) is 18.4. The molecule has 2 atom stereocenters. The maximum Gasteiger partial charge on any atom is 0.432 e. The second-order valence-corrected chi connectivity index (χ2v) is 8.39. The number of likely N-dealkylation sites (tertiary alicyclic amines) is 1. The molecule has 8 nitrogen and oxygen atoms in total. The summed E-state index contributed by atoms with van der Waals surface area (Å²) in [7, 11) is 0. The molecule has 1 aliphatic heterocycles. The molecule has 0 aliphatic carbocycles. The van der Waals surface area contributed by atoms with Gasteiger partial charge in [0.25, 0.3) is 11.8 Å². The third kappa shape index (κ3) is 4.48. The van der Waals surface area contributed by atoms with Crippen molar-refractivity contribution in [3.8, 4) is 0 Å². The molecule has 0 spiro atoms. The van der Waals surface area contributed by atoms with E-state index in [0.29, 0.717) is 30.2 Å². The van der Waals surface area contributed by atoms with E-state index in [4.69, 9.17) is 0 Å². The predicted octanol–water partition coefficient (Wildman–Crippen LogP) is 3.50. The van der Waals surface area contributed by atoms with Gasteiger partial charge in [-0.25, -0.2) is 9.97 Å². The number of rotatable bonds is 4. The van der Waals surface area contributed by atoms with Gasteiger partial charge in [-0.2, -0.15) is 13.2 Å². The Morgan fingerprint density at radius 3 is 2.63 bits per heavy atom. The van der Waals surface area contributed by atoms with E-state index in [1.165, 1.54) is 0 Å². The molecule has 180 valence electrons. The molecule has 1 aromatic carbocycles. The van der Waals surface area contributed by atoms with Crippen LogP contribution in [-0.4, -0.2) is 55.2 Å². The number of benzene rings is 1. The minimum Gasteiger partial charge on any atom is -0.344 e. The topological polar surface area (TPSA) is 95.4 Å². The van der Waals surface area contributed by atoms with E-state index in [-0.39, 0.29) is 18.4 Å². The largest absolute Gasteiger partial charge is 0.432 e. The predicted molar refractivity (Wildman–Crippen MR) is 120 cm³/mol. The molecule has 4 heterocycles. The maximum atomic E-state index is 13.4. The van der Waals surface area contributed by atoms with Gasteiger partial charge in [-0.05, 0) is 24.1 Å². The molecule has 35 heavy (non-hydrogen) atoms. The summed E-state index contributed by atoms with van der Waals surface area (Å²) in [6, 6.07) is 12.5. The normalized spacial score (nSPS) is 18.5. The molecule has 4 aromatic rings. The number of hydrogen-bond acceptors (Lipinski definition) is 4. The molecule has 0 radical (unpaired) electrons. The van der Waals surface area contributed by atoms with Crippen molar-refractivity contribution in [1.82, 2.24) is 29.6 Å². The van der Waals surface area contributed by atoms with Crippen LogP contribution in [0.2, 0.25) is 0 Å². The molecule has 5 rings (SSSR count). The highest BCUT2D eigenvalue weighted by Crippen LogP contribution is 2.30. The number of nitrogens with one attached hydrogen (secondary N) is 2. The Balaban J connectivity index is 1.40. The number of nitrogens with zero attached hydrogens (tertiary/aromatic N) is 4. The highest BCUT2D eigenvalue weighted by atomic mass is 19.4. The summed E-state index contributed by atoms with van der Waals surface area (Å²) in [5.41, 5.74) is 1.02. The van der Waals surface area contributed by atoms with Gasteiger partial charge >= 0.3 is 6.18 Å². The highest BCUT2D eigenvalue weighted by molar-refractivity contribution is 6.00. The SMILES string of the molecule is O=C(N[C@@H]1CN(C(=O)c2cccn3cncc23)CC[C@H]1c1ccccc1)c1ncc(C(F)(F)F)[nH]1. The summed E-state index contributed by atoms with van der Waals surface area (Å²) in [6.45, 7) is 0.644. The average Bonchev–Trinajstić information content (AvgIpc) is 3.54. The molecule has 2 N–H and O–H groups in total.